The van der Waals surface area contributed by atoms with Gasteiger partial charge in [0.05, 0.1) is 5.56 Å². The van der Waals surface area contributed by atoms with E-state index in [1.165, 1.54) is 12.3 Å². The van der Waals surface area contributed by atoms with Crippen LogP contribution in [-0.2, 0) is 0 Å². The largest absolute Gasteiger partial charge is 0.478 e. The van der Waals surface area contributed by atoms with Gasteiger partial charge in [0.1, 0.15) is 0 Å². The van der Waals surface area contributed by atoms with Crippen LogP contribution in [0.5, 0.6) is 0 Å². The van der Waals surface area contributed by atoms with Gasteiger partial charge in [0, 0.05) is 5.69 Å². The Balaban J connectivity index is 2.95. The summed E-state index contributed by atoms with van der Waals surface area (Å²) in [5, 5.41) is 11.4. The van der Waals surface area contributed by atoms with Crippen molar-refractivity contribution in [2.24, 2.45) is 0 Å². The van der Waals surface area contributed by atoms with E-state index < -0.39 is 5.97 Å². The number of aromatic carboxylic acids is 1. The zero-order chi connectivity index (χ0) is 8.97. The fourth-order valence-corrected chi connectivity index (χ4v) is 0.860. The molecule has 0 aromatic heterocycles. The van der Waals surface area contributed by atoms with Gasteiger partial charge in [0.15, 0.2) is 0 Å². The van der Waals surface area contributed by atoms with Gasteiger partial charge >= 0.3 is 5.97 Å². The molecule has 0 spiro atoms. The van der Waals surface area contributed by atoms with Crippen molar-refractivity contribution in [1.29, 1.82) is 0 Å². The van der Waals surface area contributed by atoms with Gasteiger partial charge in [-0.05, 0) is 24.4 Å². The fourth-order valence-electron chi connectivity index (χ4n) is 0.860. The van der Waals surface area contributed by atoms with Crippen LogP contribution < -0.4 is 5.32 Å². The van der Waals surface area contributed by atoms with E-state index in [0.717, 1.165) is 5.69 Å². The third-order valence-corrected chi connectivity index (χ3v) is 1.38. The molecule has 3 nitrogen and oxygen atoms in total. The van der Waals surface area contributed by atoms with Crippen molar-refractivity contribution in [2.75, 3.05) is 5.32 Å². The molecule has 0 atom stereocenters. The topological polar surface area (TPSA) is 49.3 Å². The summed E-state index contributed by atoms with van der Waals surface area (Å²) >= 11 is 0. The quantitative estimate of drug-likeness (QED) is 0.715. The average molecular weight is 163 g/mol. The molecule has 0 amide bonds. The van der Waals surface area contributed by atoms with Gasteiger partial charge in [-0.2, -0.15) is 0 Å². The molecule has 0 saturated heterocycles. The van der Waals surface area contributed by atoms with Crippen LogP contribution in [0.25, 0.3) is 0 Å². The SMILES string of the molecule is C=CNc1cccc(C(=O)O)c1. The van der Waals surface area contributed by atoms with Crippen LogP contribution >= 0.6 is 0 Å². The Morgan fingerprint density at radius 2 is 2.33 bits per heavy atom. The minimum atomic E-state index is -0.928. The number of benzene rings is 1. The zero-order valence-electron chi connectivity index (χ0n) is 6.45. The lowest BCUT2D eigenvalue weighted by Gasteiger charge is -2.00. The molecule has 2 N–H and O–H groups in total. The van der Waals surface area contributed by atoms with E-state index in [1.807, 2.05) is 0 Å². The average Bonchev–Trinajstić information content (AvgIpc) is 2.05. The second kappa shape index (κ2) is 3.57. The van der Waals surface area contributed by atoms with Crippen molar-refractivity contribution in [3.63, 3.8) is 0 Å². The lowest BCUT2D eigenvalue weighted by molar-refractivity contribution is 0.0697. The maximum Gasteiger partial charge on any atom is 0.335 e. The first kappa shape index (κ1) is 8.33. The van der Waals surface area contributed by atoms with Crippen LogP contribution in [0.1, 0.15) is 10.4 Å². The first-order chi connectivity index (χ1) is 5.74. The van der Waals surface area contributed by atoms with Gasteiger partial charge in [-0.25, -0.2) is 4.79 Å². The Hall–Kier alpha value is -1.77. The smallest absolute Gasteiger partial charge is 0.335 e. The third kappa shape index (κ3) is 1.85. The van der Waals surface area contributed by atoms with Gasteiger partial charge in [-0.3, -0.25) is 0 Å². The van der Waals surface area contributed by atoms with Crippen LogP contribution in [0.2, 0.25) is 0 Å². The highest BCUT2D eigenvalue weighted by Gasteiger charge is 2.01. The third-order valence-electron chi connectivity index (χ3n) is 1.38. The number of carboxylic acids is 1. The number of hydrogen-bond donors (Lipinski definition) is 2. The van der Waals surface area contributed by atoms with E-state index >= 15 is 0 Å². The van der Waals surface area contributed by atoms with Crippen LogP contribution in [0.4, 0.5) is 5.69 Å². The van der Waals surface area contributed by atoms with Gasteiger partial charge in [-0.15, -0.1) is 0 Å². The van der Waals surface area contributed by atoms with Crippen LogP contribution in [-0.4, -0.2) is 11.1 Å². The van der Waals surface area contributed by atoms with E-state index in [-0.39, 0.29) is 5.56 Å². The Kier molecular flexibility index (Phi) is 2.48. The summed E-state index contributed by atoms with van der Waals surface area (Å²) in [5.74, 6) is -0.928. The minimum absolute atomic E-state index is 0.266. The number of rotatable bonds is 3. The predicted molar refractivity (Wildman–Crippen MR) is 47.2 cm³/mol. The molecule has 0 heterocycles. The van der Waals surface area contributed by atoms with Crippen molar-refractivity contribution in [1.82, 2.24) is 0 Å². The molecular formula is C9H9NO2. The van der Waals surface area contributed by atoms with Crippen LogP contribution in [0, 0.1) is 0 Å². The summed E-state index contributed by atoms with van der Waals surface area (Å²) in [5.41, 5.74) is 0.992. The molecule has 0 aliphatic carbocycles. The Morgan fingerprint density at radius 1 is 1.58 bits per heavy atom. The van der Waals surface area contributed by atoms with Crippen molar-refractivity contribution >= 4 is 11.7 Å². The zero-order valence-corrected chi connectivity index (χ0v) is 6.45. The summed E-state index contributed by atoms with van der Waals surface area (Å²) in [6, 6.07) is 6.53. The molecule has 62 valence electrons. The van der Waals surface area contributed by atoms with Crippen LogP contribution in [0.15, 0.2) is 37.0 Å². The molecule has 1 rings (SSSR count). The monoisotopic (exact) mass is 163 g/mol. The number of carboxylic acid groups (broad SMARTS) is 1. The summed E-state index contributed by atoms with van der Waals surface area (Å²) in [6.07, 6.45) is 1.50. The maximum absolute atomic E-state index is 10.5. The minimum Gasteiger partial charge on any atom is -0.478 e. The fraction of sp³-hybridized carbons (Fsp3) is 0. The number of hydrogen-bond acceptors (Lipinski definition) is 2. The highest BCUT2D eigenvalue weighted by atomic mass is 16.4. The second-order valence-corrected chi connectivity index (χ2v) is 2.23. The normalized spacial score (nSPS) is 9.00. The molecule has 3 heteroatoms. The lowest BCUT2D eigenvalue weighted by atomic mass is 10.2. The van der Waals surface area contributed by atoms with Crippen molar-refractivity contribution in [2.45, 2.75) is 0 Å². The van der Waals surface area contributed by atoms with Gasteiger partial charge in [0.2, 0.25) is 0 Å². The van der Waals surface area contributed by atoms with E-state index in [2.05, 4.69) is 11.9 Å². The molecule has 1 aromatic rings. The summed E-state index contributed by atoms with van der Waals surface area (Å²) in [7, 11) is 0. The number of anilines is 1. The van der Waals surface area contributed by atoms with Gasteiger partial charge < -0.3 is 10.4 Å². The molecule has 0 bridgehead atoms. The van der Waals surface area contributed by atoms with Crippen LogP contribution in [0.3, 0.4) is 0 Å². The molecule has 0 aliphatic rings. The van der Waals surface area contributed by atoms with E-state index in [9.17, 15) is 4.79 Å². The molecule has 0 unspecified atom stereocenters. The van der Waals surface area contributed by atoms with Gasteiger partial charge in [0.25, 0.3) is 0 Å². The standard InChI is InChI=1S/C9H9NO2/c1-2-10-8-5-3-4-7(6-8)9(11)12/h2-6,10H,1H2,(H,11,12). The Labute approximate surface area is 70.3 Å². The van der Waals surface area contributed by atoms with E-state index in [0.29, 0.717) is 0 Å². The highest BCUT2D eigenvalue weighted by molar-refractivity contribution is 5.88. The van der Waals surface area contributed by atoms with E-state index in [1.54, 1.807) is 18.2 Å². The summed E-state index contributed by atoms with van der Waals surface area (Å²) in [6.45, 7) is 3.47. The first-order valence-corrected chi connectivity index (χ1v) is 3.45. The molecule has 0 radical (unpaired) electrons. The molecule has 0 fully saturated rings. The molecule has 0 aliphatic heterocycles. The first-order valence-electron chi connectivity index (χ1n) is 3.45. The van der Waals surface area contributed by atoms with Gasteiger partial charge in [-0.1, -0.05) is 12.6 Å². The second-order valence-electron chi connectivity index (χ2n) is 2.23. The van der Waals surface area contributed by atoms with Crippen molar-refractivity contribution in [3.8, 4) is 0 Å². The Bertz CT molecular complexity index is 307. The molecular weight excluding hydrogens is 154 g/mol. The molecule has 0 saturated carbocycles. The summed E-state index contributed by atoms with van der Waals surface area (Å²) < 4.78 is 0. The highest BCUT2D eigenvalue weighted by Crippen LogP contribution is 2.09. The van der Waals surface area contributed by atoms with E-state index in [4.69, 9.17) is 5.11 Å². The van der Waals surface area contributed by atoms with Crippen molar-refractivity contribution < 1.29 is 9.90 Å². The molecule has 1 aromatic carbocycles. The Morgan fingerprint density at radius 3 is 2.92 bits per heavy atom. The van der Waals surface area contributed by atoms with Crippen molar-refractivity contribution in [3.05, 3.63) is 42.6 Å². The number of nitrogens with one attached hydrogen (secondary N) is 1. The molecule has 12 heavy (non-hydrogen) atoms. The number of carbonyl (C=O) groups is 1. The summed E-state index contributed by atoms with van der Waals surface area (Å²) in [4.78, 5) is 10.5. The maximum atomic E-state index is 10.5. The predicted octanol–water partition coefficient (Wildman–Crippen LogP) is 1.94. The lowest BCUT2D eigenvalue weighted by Crippen LogP contribution is -1.96.